The minimum atomic E-state index is 0.447. The van der Waals surface area contributed by atoms with Gasteiger partial charge in [0.05, 0.1) is 6.10 Å². The molecule has 21 heavy (non-hydrogen) atoms. The summed E-state index contributed by atoms with van der Waals surface area (Å²) < 4.78 is 5.70. The van der Waals surface area contributed by atoms with Crippen molar-refractivity contribution < 1.29 is 4.74 Å². The number of ether oxygens (including phenoxy) is 1. The van der Waals surface area contributed by atoms with Gasteiger partial charge in [0.15, 0.2) is 0 Å². The van der Waals surface area contributed by atoms with E-state index >= 15 is 0 Å². The minimum absolute atomic E-state index is 0.447. The number of hydrogen-bond donors (Lipinski definition) is 1. The number of hydrogen-bond acceptors (Lipinski definition) is 3. The lowest BCUT2D eigenvalue weighted by molar-refractivity contribution is 0.129. The van der Waals surface area contributed by atoms with Gasteiger partial charge in [-0.3, -0.25) is 0 Å². The molecule has 0 saturated carbocycles. The first-order valence-electron chi connectivity index (χ1n) is 8.23. The SMILES string of the molecule is CCNC(CSCC1CCCO1)c1ccc(C(C)C)cc1. The second-order valence-corrected chi connectivity index (χ2v) is 7.18. The second kappa shape index (κ2) is 8.82. The van der Waals surface area contributed by atoms with Crippen LogP contribution < -0.4 is 5.32 Å². The summed E-state index contributed by atoms with van der Waals surface area (Å²) in [7, 11) is 0. The Morgan fingerprint density at radius 2 is 1.95 bits per heavy atom. The Balaban J connectivity index is 1.87. The topological polar surface area (TPSA) is 21.3 Å². The first-order chi connectivity index (χ1) is 10.2. The summed E-state index contributed by atoms with van der Waals surface area (Å²) in [5, 5.41) is 3.61. The van der Waals surface area contributed by atoms with Crippen LogP contribution in [0.2, 0.25) is 0 Å². The van der Waals surface area contributed by atoms with Crippen LogP contribution in [-0.2, 0) is 4.74 Å². The number of benzene rings is 1. The lowest BCUT2D eigenvalue weighted by atomic mass is 9.99. The zero-order valence-corrected chi connectivity index (χ0v) is 14.4. The molecule has 1 N–H and O–H groups in total. The molecule has 0 amide bonds. The standard InChI is InChI=1S/C18H29NOS/c1-4-19-18(13-21-12-17-6-5-11-20-17)16-9-7-15(8-10-16)14(2)3/h7-10,14,17-19H,4-6,11-13H2,1-3H3. The van der Waals surface area contributed by atoms with Crippen molar-refractivity contribution in [2.24, 2.45) is 0 Å². The number of nitrogens with one attached hydrogen (secondary N) is 1. The van der Waals surface area contributed by atoms with Gasteiger partial charge < -0.3 is 10.1 Å². The molecule has 0 radical (unpaired) electrons. The summed E-state index contributed by atoms with van der Waals surface area (Å²) in [5.74, 6) is 2.85. The molecule has 1 saturated heterocycles. The van der Waals surface area contributed by atoms with Crippen molar-refractivity contribution >= 4 is 11.8 Å². The van der Waals surface area contributed by atoms with E-state index in [4.69, 9.17) is 4.74 Å². The minimum Gasteiger partial charge on any atom is -0.377 e. The molecule has 2 rings (SSSR count). The fourth-order valence-electron chi connectivity index (χ4n) is 2.73. The van der Waals surface area contributed by atoms with Gasteiger partial charge in [-0.1, -0.05) is 45.0 Å². The quantitative estimate of drug-likeness (QED) is 0.770. The molecule has 0 aromatic heterocycles. The van der Waals surface area contributed by atoms with Crippen molar-refractivity contribution in [3.05, 3.63) is 35.4 Å². The van der Waals surface area contributed by atoms with E-state index in [2.05, 4.69) is 50.4 Å². The average Bonchev–Trinajstić information content (AvgIpc) is 3.00. The zero-order valence-electron chi connectivity index (χ0n) is 13.6. The summed E-state index contributed by atoms with van der Waals surface area (Å²) in [6, 6.07) is 9.57. The average molecular weight is 308 g/mol. The smallest absolute Gasteiger partial charge is 0.0666 e. The molecule has 1 aliphatic rings. The Morgan fingerprint density at radius 1 is 1.24 bits per heavy atom. The fourth-order valence-corrected chi connectivity index (χ4v) is 3.93. The summed E-state index contributed by atoms with van der Waals surface area (Å²) in [4.78, 5) is 0. The van der Waals surface area contributed by atoms with Gasteiger partial charge in [0.25, 0.3) is 0 Å². The highest BCUT2D eigenvalue weighted by Crippen LogP contribution is 2.24. The third kappa shape index (κ3) is 5.32. The molecule has 0 bridgehead atoms. The van der Waals surface area contributed by atoms with E-state index in [9.17, 15) is 0 Å². The van der Waals surface area contributed by atoms with Crippen molar-refractivity contribution in [1.29, 1.82) is 0 Å². The van der Waals surface area contributed by atoms with E-state index in [-0.39, 0.29) is 0 Å². The predicted octanol–water partition coefficient (Wildman–Crippen LogP) is 4.37. The first-order valence-corrected chi connectivity index (χ1v) is 9.38. The molecule has 3 heteroatoms. The maximum Gasteiger partial charge on any atom is 0.0666 e. The predicted molar refractivity (Wildman–Crippen MR) is 93.2 cm³/mol. The molecule has 2 nitrogen and oxygen atoms in total. The molecule has 0 aliphatic carbocycles. The van der Waals surface area contributed by atoms with E-state index in [0.717, 1.165) is 24.7 Å². The van der Waals surface area contributed by atoms with Crippen molar-refractivity contribution in [2.45, 2.75) is 51.7 Å². The molecule has 0 spiro atoms. The number of rotatable bonds is 8. The Labute approximate surface area is 134 Å². The van der Waals surface area contributed by atoms with Gasteiger partial charge in [0.2, 0.25) is 0 Å². The van der Waals surface area contributed by atoms with Gasteiger partial charge in [-0.15, -0.1) is 0 Å². The summed E-state index contributed by atoms with van der Waals surface area (Å²) >= 11 is 2.02. The summed E-state index contributed by atoms with van der Waals surface area (Å²) in [6.45, 7) is 8.64. The zero-order chi connectivity index (χ0) is 15.1. The van der Waals surface area contributed by atoms with Crippen LogP contribution in [0.5, 0.6) is 0 Å². The molecule has 2 unspecified atom stereocenters. The summed E-state index contributed by atoms with van der Waals surface area (Å²) in [6.07, 6.45) is 2.96. The van der Waals surface area contributed by atoms with Crippen LogP contribution in [0.25, 0.3) is 0 Å². The molecular weight excluding hydrogens is 278 g/mol. The molecule has 2 atom stereocenters. The van der Waals surface area contributed by atoms with Crippen molar-refractivity contribution in [2.75, 3.05) is 24.7 Å². The molecule has 1 aromatic carbocycles. The lowest BCUT2D eigenvalue weighted by Crippen LogP contribution is -2.23. The molecule has 1 heterocycles. The van der Waals surface area contributed by atoms with Crippen LogP contribution in [0.4, 0.5) is 0 Å². The normalized spacial score (nSPS) is 20.1. The third-order valence-corrected chi connectivity index (χ3v) is 5.24. The highest BCUT2D eigenvalue weighted by atomic mass is 32.2. The van der Waals surface area contributed by atoms with E-state index in [1.165, 1.54) is 24.0 Å². The van der Waals surface area contributed by atoms with Crippen molar-refractivity contribution in [3.63, 3.8) is 0 Å². The largest absolute Gasteiger partial charge is 0.377 e. The van der Waals surface area contributed by atoms with Crippen LogP contribution in [0.15, 0.2) is 24.3 Å². The highest BCUT2D eigenvalue weighted by molar-refractivity contribution is 7.99. The van der Waals surface area contributed by atoms with Crippen molar-refractivity contribution in [1.82, 2.24) is 5.32 Å². The van der Waals surface area contributed by atoms with E-state index in [1.807, 2.05) is 11.8 Å². The second-order valence-electron chi connectivity index (χ2n) is 6.10. The van der Waals surface area contributed by atoms with E-state index in [1.54, 1.807) is 0 Å². The van der Waals surface area contributed by atoms with Gasteiger partial charge >= 0.3 is 0 Å². The van der Waals surface area contributed by atoms with Gasteiger partial charge in [-0.05, 0) is 36.4 Å². The Morgan fingerprint density at radius 3 is 2.52 bits per heavy atom. The van der Waals surface area contributed by atoms with Gasteiger partial charge in [-0.2, -0.15) is 11.8 Å². The highest BCUT2D eigenvalue weighted by Gasteiger charge is 2.17. The van der Waals surface area contributed by atoms with Crippen LogP contribution in [0, 0.1) is 0 Å². The Kier molecular flexibility index (Phi) is 7.08. The summed E-state index contributed by atoms with van der Waals surface area (Å²) in [5.41, 5.74) is 2.82. The molecule has 1 aromatic rings. The van der Waals surface area contributed by atoms with Crippen molar-refractivity contribution in [3.8, 4) is 0 Å². The Bertz CT molecular complexity index is 398. The maximum atomic E-state index is 5.70. The van der Waals surface area contributed by atoms with Gasteiger partial charge in [0, 0.05) is 24.2 Å². The third-order valence-electron chi connectivity index (χ3n) is 4.07. The molecule has 118 valence electrons. The monoisotopic (exact) mass is 307 g/mol. The van der Waals surface area contributed by atoms with Crippen LogP contribution >= 0.6 is 11.8 Å². The van der Waals surface area contributed by atoms with Gasteiger partial charge in [0.1, 0.15) is 0 Å². The maximum absolute atomic E-state index is 5.70. The Hall–Kier alpha value is -0.510. The number of thioether (sulfide) groups is 1. The molecular formula is C18H29NOS. The molecule has 1 fully saturated rings. The van der Waals surface area contributed by atoms with E-state index in [0.29, 0.717) is 18.1 Å². The fraction of sp³-hybridized carbons (Fsp3) is 0.667. The van der Waals surface area contributed by atoms with Crippen LogP contribution in [0.3, 0.4) is 0 Å². The van der Waals surface area contributed by atoms with Crippen LogP contribution in [-0.4, -0.2) is 30.8 Å². The van der Waals surface area contributed by atoms with Crippen LogP contribution in [0.1, 0.15) is 56.7 Å². The van der Waals surface area contributed by atoms with Gasteiger partial charge in [-0.25, -0.2) is 0 Å². The lowest BCUT2D eigenvalue weighted by Gasteiger charge is -2.20. The first kappa shape index (κ1) is 16.9. The van der Waals surface area contributed by atoms with E-state index < -0.39 is 0 Å². The molecule has 1 aliphatic heterocycles.